The quantitative estimate of drug-likeness (QED) is 0.190. The van der Waals surface area contributed by atoms with Crippen molar-refractivity contribution in [3.8, 4) is 0 Å². The van der Waals surface area contributed by atoms with Gasteiger partial charge in [-0.05, 0) is 59.3 Å². The van der Waals surface area contributed by atoms with Crippen molar-refractivity contribution in [2.45, 2.75) is 32.6 Å². The van der Waals surface area contributed by atoms with Gasteiger partial charge in [0, 0.05) is 51.9 Å². The number of hydrogen-bond donors (Lipinski definition) is 2. The third-order valence-corrected chi connectivity index (χ3v) is 5.19. The highest BCUT2D eigenvalue weighted by atomic mass is 127. The molecule has 2 aliphatic rings. The van der Waals surface area contributed by atoms with Gasteiger partial charge in [0.2, 0.25) is 0 Å². The van der Waals surface area contributed by atoms with E-state index in [1.807, 2.05) is 0 Å². The Labute approximate surface area is 189 Å². The maximum absolute atomic E-state index is 5.74. The van der Waals surface area contributed by atoms with Crippen LogP contribution in [0.2, 0.25) is 0 Å². The predicted molar refractivity (Wildman–Crippen MR) is 127 cm³/mol. The van der Waals surface area contributed by atoms with Gasteiger partial charge in [0.1, 0.15) is 0 Å². The molecular weight excluding hydrogens is 469 g/mol. The molecule has 2 aliphatic heterocycles. The number of likely N-dealkylation sites (N-methyl/N-ethyl adjacent to an activating group) is 1. The van der Waals surface area contributed by atoms with Crippen LogP contribution in [-0.4, -0.2) is 102 Å². The molecule has 0 bridgehead atoms. The largest absolute Gasteiger partial charge is 0.381 e. The van der Waals surface area contributed by atoms with Crippen molar-refractivity contribution in [3.63, 3.8) is 0 Å². The van der Waals surface area contributed by atoms with Crippen LogP contribution in [0.25, 0.3) is 0 Å². The van der Waals surface area contributed by atoms with Gasteiger partial charge in [-0.2, -0.15) is 0 Å². The lowest BCUT2D eigenvalue weighted by atomic mass is 10.1. The van der Waals surface area contributed by atoms with Crippen LogP contribution in [0.5, 0.6) is 0 Å². The van der Waals surface area contributed by atoms with Crippen molar-refractivity contribution < 1.29 is 9.47 Å². The molecule has 7 nitrogen and oxygen atoms in total. The molecule has 2 rings (SSSR count). The molecule has 0 saturated carbocycles. The van der Waals surface area contributed by atoms with Crippen LogP contribution in [0.1, 0.15) is 32.6 Å². The van der Waals surface area contributed by atoms with Crippen molar-refractivity contribution >= 4 is 29.9 Å². The Bertz CT molecular complexity index is 408. The van der Waals surface area contributed by atoms with Crippen LogP contribution in [0.4, 0.5) is 0 Å². The van der Waals surface area contributed by atoms with Crippen molar-refractivity contribution in [3.05, 3.63) is 0 Å². The molecule has 0 aliphatic carbocycles. The van der Waals surface area contributed by atoms with Gasteiger partial charge in [0.15, 0.2) is 5.96 Å². The Kier molecular flexibility index (Phi) is 15.4. The predicted octanol–water partition coefficient (Wildman–Crippen LogP) is 1.63. The molecule has 0 amide bonds. The lowest BCUT2D eigenvalue weighted by Crippen LogP contribution is -2.39. The minimum Gasteiger partial charge on any atom is -0.381 e. The molecular formula is C20H42IN5O2. The second-order valence-corrected chi connectivity index (χ2v) is 7.70. The fraction of sp³-hybridized carbons (Fsp3) is 0.950. The highest BCUT2D eigenvalue weighted by Gasteiger charge is 2.15. The van der Waals surface area contributed by atoms with Gasteiger partial charge in [0.25, 0.3) is 0 Å². The Hall–Kier alpha value is -0.160. The monoisotopic (exact) mass is 511 g/mol. The summed E-state index contributed by atoms with van der Waals surface area (Å²) in [5.74, 6) is 1.52. The number of rotatable bonds is 11. The zero-order valence-electron chi connectivity index (χ0n) is 18.0. The van der Waals surface area contributed by atoms with Crippen molar-refractivity contribution in [2.24, 2.45) is 10.9 Å². The van der Waals surface area contributed by atoms with Gasteiger partial charge < -0.3 is 29.9 Å². The van der Waals surface area contributed by atoms with Gasteiger partial charge in [-0.25, -0.2) is 0 Å². The normalized spacial score (nSPS) is 21.9. The number of nitrogens with one attached hydrogen (secondary N) is 2. The molecule has 2 N–H and O–H groups in total. The summed E-state index contributed by atoms with van der Waals surface area (Å²) in [7, 11) is 2.22. The summed E-state index contributed by atoms with van der Waals surface area (Å²) in [6.45, 7) is 14.1. The average Bonchev–Trinajstić information content (AvgIpc) is 3.10. The van der Waals surface area contributed by atoms with Gasteiger partial charge in [-0.15, -0.1) is 24.0 Å². The lowest BCUT2D eigenvalue weighted by molar-refractivity contribution is 0.0893. The Morgan fingerprint density at radius 1 is 1.18 bits per heavy atom. The van der Waals surface area contributed by atoms with Gasteiger partial charge in [-0.1, -0.05) is 0 Å². The number of nitrogens with zero attached hydrogens (tertiary/aromatic N) is 3. The van der Waals surface area contributed by atoms with E-state index in [4.69, 9.17) is 9.47 Å². The number of aliphatic imine (C=N–C) groups is 1. The molecule has 2 heterocycles. The fourth-order valence-electron chi connectivity index (χ4n) is 3.50. The summed E-state index contributed by atoms with van der Waals surface area (Å²) in [4.78, 5) is 9.68. The summed E-state index contributed by atoms with van der Waals surface area (Å²) in [5, 5.41) is 6.80. The van der Waals surface area contributed by atoms with E-state index in [-0.39, 0.29) is 24.0 Å². The average molecular weight is 511 g/mol. The van der Waals surface area contributed by atoms with E-state index in [1.54, 1.807) is 0 Å². The van der Waals surface area contributed by atoms with Crippen molar-refractivity contribution in [2.75, 3.05) is 85.8 Å². The van der Waals surface area contributed by atoms with Gasteiger partial charge in [-0.3, -0.25) is 4.99 Å². The third kappa shape index (κ3) is 11.7. The SMILES string of the molecule is CCNC(=NCCCOCC1CCOC1)NCCCN1CCCN(C)CC1.I. The molecule has 166 valence electrons. The molecule has 2 saturated heterocycles. The molecule has 1 unspecified atom stereocenters. The molecule has 2 fully saturated rings. The van der Waals surface area contributed by atoms with E-state index in [9.17, 15) is 0 Å². The highest BCUT2D eigenvalue weighted by molar-refractivity contribution is 14.0. The Morgan fingerprint density at radius 3 is 2.86 bits per heavy atom. The van der Waals surface area contributed by atoms with E-state index in [0.717, 1.165) is 71.3 Å². The van der Waals surface area contributed by atoms with Crippen LogP contribution in [0, 0.1) is 5.92 Å². The smallest absolute Gasteiger partial charge is 0.191 e. The number of ether oxygens (including phenoxy) is 2. The zero-order valence-corrected chi connectivity index (χ0v) is 20.3. The first-order valence-electron chi connectivity index (χ1n) is 10.9. The van der Waals surface area contributed by atoms with E-state index in [2.05, 4.69) is 39.4 Å². The van der Waals surface area contributed by atoms with Gasteiger partial charge >= 0.3 is 0 Å². The van der Waals surface area contributed by atoms with Crippen molar-refractivity contribution in [1.29, 1.82) is 0 Å². The molecule has 0 aromatic heterocycles. The standard InChI is InChI=1S/C20H41N5O2.HI/c1-3-21-20(23-9-5-15-26-17-19-7-16-27-18-19)22-8-4-11-25-12-6-10-24(2)13-14-25;/h19H,3-18H2,1-2H3,(H2,21,22,23);1H. The molecule has 28 heavy (non-hydrogen) atoms. The van der Waals surface area contributed by atoms with Gasteiger partial charge in [0.05, 0.1) is 13.2 Å². The summed E-state index contributed by atoms with van der Waals surface area (Å²) in [6, 6.07) is 0. The molecule has 0 radical (unpaired) electrons. The van der Waals surface area contributed by atoms with E-state index >= 15 is 0 Å². The minimum atomic E-state index is 0. The second-order valence-electron chi connectivity index (χ2n) is 7.70. The number of guanidine groups is 1. The number of halogens is 1. The Balaban J connectivity index is 0.00000392. The lowest BCUT2D eigenvalue weighted by Gasteiger charge is -2.20. The van der Waals surface area contributed by atoms with Crippen LogP contribution < -0.4 is 10.6 Å². The van der Waals surface area contributed by atoms with E-state index in [1.165, 1.54) is 39.1 Å². The summed E-state index contributed by atoms with van der Waals surface area (Å²) in [6.07, 6.45) is 4.54. The van der Waals surface area contributed by atoms with E-state index < -0.39 is 0 Å². The molecule has 1 atom stereocenters. The maximum Gasteiger partial charge on any atom is 0.191 e. The molecule has 0 aromatic rings. The zero-order chi connectivity index (χ0) is 19.2. The fourth-order valence-corrected chi connectivity index (χ4v) is 3.50. The topological polar surface area (TPSA) is 61.4 Å². The minimum absolute atomic E-state index is 0. The molecule has 0 aromatic carbocycles. The molecule has 0 spiro atoms. The van der Waals surface area contributed by atoms with Crippen LogP contribution >= 0.6 is 24.0 Å². The van der Waals surface area contributed by atoms with Crippen molar-refractivity contribution in [1.82, 2.24) is 20.4 Å². The number of hydrogen-bond acceptors (Lipinski definition) is 5. The Morgan fingerprint density at radius 2 is 2.07 bits per heavy atom. The summed E-state index contributed by atoms with van der Waals surface area (Å²) < 4.78 is 11.1. The maximum atomic E-state index is 5.74. The van der Waals surface area contributed by atoms with Crippen LogP contribution in [-0.2, 0) is 9.47 Å². The summed E-state index contributed by atoms with van der Waals surface area (Å²) in [5.41, 5.74) is 0. The first-order valence-corrected chi connectivity index (χ1v) is 10.9. The molecule has 8 heteroatoms. The second kappa shape index (κ2) is 16.6. The first-order chi connectivity index (χ1) is 13.3. The highest BCUT2D eigenvalue weighted by Crippen LogP contribution is 2.12. The first kappa shape index (κ1) is 25.9. The third-order valence-electron chi connectivity index (χ3n) is 5.19. The van der Waals surface area contributed by atoms with Crippen LogP contribution in [0.3, 0.4) is 0 Å². The summed E-state index contributed by atoms with van der Waals surface area (Å²) >= 11 is 0. The van der Waals surface area contributed by atoms with E-state index in [0.29, 0.717) is 5.92 Å². The van der Waals surface area contributed by atoms with Crippen LogP contribution in [0.15, 0.2) is 4.99 Å².